The first-order valence-corrected chi connectivity index (χ1v) is 9.77. The van der Waals surface area contributed by atoms with E-state index in [1.165, 1.54) is 9.13 Å². The molecule has 0 bridgehead atoms. The molecule has 0 aliphatic heterocycles. The smallest absolute Gasteiger partial charge is 0.332 e. The van der Waals surface area contributed by atoms with E-state index in [1.54, 1.807) is 25.0 Å². The zero-order chi connectivity index (χ0) is 20.5. The lowest BCUT2D eigenvalue weighted by Crippen LogP contribution is -2.39. The zero-order valence-electron chi connectivity index (χ0n) is 16.6. The summed E-state index contributed by atoms with van der Waals surface area (Å²) in [6.07, 6.45) is 8.55. The minimum atomic E-state index is -0.548. The average Bonchev–Trinajstić information content (AvgIpc) is 3.07. The van der Waals surface area contributed by atoms with E-state index < -0.39 is 6.10 Å². The van der Waals surface area contributed by atoms with E-state index in [-0.39, 0.29) is 17.8 Å². The lowest BCUT2D eigenvalue weighted by molar-refractivity contribution is 0.168. The van der Waals surface area contributed by atoms with Gasteiger partial charge in [0.25, 0.3) is 5.56 Å². The van der Waals surface area contributed by atoms with Crippen LogP contribution in [0.2, 0.25) is 0 Å². The summed E-state index contributed by atoms with van der Waals surface area (Å²) in [7, 11) is 3.39. The van der Waals surface area contributed by atoms with E-state index >= 15 is 0 Å². The predicted octanol–water partition coefficient (Wildman–Crippen LogP) is 2.23. The highest BCUT2D eigenvalue weighted by Gasteiger charge is 2.14. The largest absolute Gasteiger partial charge is 0.393 e. The van der Waals surface area contributed by atoms with Crippen molar-refractivity contribution in [1.29, 1.82) is 0 Å². The minimum Gasteiger partial charge on any atom is -0.393 e. The molecule has 0 amide bonds. The Hall–Kier alpha value is -2.58. The average molecular weight is 391 g/mol. The molecule has 28 heavy (non-hydrogen) atoms. The van der Waals surface area contributed by atoms with Gasteiger partial charge in [0.2, 0.25) is 0 Å². The van der Waals surface area contributed by atoms with E-state index in [0.29, 0.717) is 24.1 Å². The van der Waals surface area contributed by atoms with Crippen molar-refractivity contribution in [2.24, 2.45) is 19.2 Å². The van der Waals surface area contributed by atoms with Gasteiger partial charge in [-0.1, -0.05) is 43.6 Å². The van der Waals surface area contributed by atoms with E-state index in [1.807, 2.05) is 0 Å². The van der Waals surface area contributed by atoms with Gasteiger partial charge in [-0.2, -0.15) is 0 Å². The first-order valence-electron chi connectivity index (χ1n) is 9.77. The second-order valence-corrected chi connectivity index (χ2v) is 7.16. The molecule has 2 heterocycles. The van der Waals surface area contributed by atoms with Crippen molar-refractivity contribution in [3.63, 3.8) is 0 Å². The Bertz CT molecular complexity index is 937. The number of nitrogens with zero attached hydrogens (tertiary/aromatic N) is 7. The molecular formula is C18H29N7O3. The van der Waals surface area contributed by atoms with Crippen LogP contribution in [0.25, 0.3) is 21.6 Å². The van der Waals surface area contributed by atoms with Crippen LogP contribution in [0.15, 0.2) is 21.0 Å². The van der Waals surface area contributed by atoms with Gasteiger partial charge in [-0.25, -0.2) is 9.78 Å². The van der Waals surface area contributed by atoms with Crippen LogP contribution in [0.4, 0.5) is 0 Å². The normalized spacial score (nSPS) is 12.2. The molecule has 154 valence electrons. The number of azide groups is 1. The first-order chi connectivity index (χ1) is 13.5. The van der Waals surface area contributed by atoms with Crippen LogP contribution in [0.5, 0.6) is 0 Å². The number of aryl methyl sites for hydroxylation is 2. The Morgan fingerprint density at radius 2 is 1.79 bits per heavy atom. The van der Waals surface area contributed by atoms with Crippen LogP contribution in [0.1, 0.15) is 51.4 Å². The summed E-state index contributed by atoms with van der Waals surface area (Å²) in [4.78, 5) is 31.7. The van der Waals surface area contributed by atoms with Crippen LogP contribution in [-0.2, 0) is 20.6 Å². The molecule has 2 rings (SSSR count). The topological polar surface area (TPSA) is 131 Å². The van der Waals surface area contributed by atoms with E-state index in [0.717, 1.165) is 44.9 Å². The maximum atomic E-state index is 12.6. The SMILES string of the molecule is Cn1cnc2c1c(=O)n(CCCCCCCCCC(O)CN=[N+]=[N-])c(=O)n2C. The summed E-state index contributed by atoms with van der Waals surface area (Å²) < 4.78 is 4.37. The van der Waals surface area contributed by atoms with Crippen LogP contribution >= 0.6 is 0 Å². The van der Waals surface area contributed by atoms with Crippen molar-refractivity contribution >= 4 is 11.2 Å². The van der Waals surface area contributed by atoms with Gasteiger partial charge in [0.15, 0.2) is 11.2 Å². The van der Waals surface area contributed by atoms with Gasteiger partial charge in [-0.15, -0.1) is 0 Å². The number of fused-ring (bicyclic) bond motifs is 1. The van der Waals surface area contributed by atoms with Crippen molar-refractivity contribution in [2.45, 2.75) is 64.0 Å². The number of aliphatic hydroxyl groups excluding tert-OH is 1. The molecule has 2 aromatic heterocycles. The molecule has 0 aromatic carbocycles. The predicted molar refractivity (Wildman–Crippen MR) is 107 cm³/mol. The van der Waals surface area contributed by atoms with Crippen molar-refractivity contribution in [2.75, 3.05) is 6.54 Å². The number of imidazole rings is 1. The Labute approximate surface area is 163 Å². The molecule has 0 aliphatic rings. The quantitative estimate of drug-likeness (QED) is 0.257. The summed E-state index contributed by atoms with van der Waals surface area (Å²) in [5.41, 5.74) is 8.46. The van der Waals surface area contributed by atoms with E-state index in [4.69, 9.17) is 5.53 Å². The van der Waals surface area contributed by atoms with E-state index in [2.05, 4.69) is 15.0 Å². The molecule has 0 aliphatic carbocycles. The van der Waals surface area contributed by atoms with Crippen LogP contribution < -0.4 is 11.2 Å². The van der Waals surface area contributed by atoms with Crippen molar-refractivity contribution in [3.8, 4) is 0 Å². The van der Waals surface area contributed by atoms with Gasteiger partial charge in [-0.3, -0.25) is 13.9 Å². The highest BCUT2D eigenvalue weighted by Crippen LogP contribution is 2.11. The maximum absolute atomic E-state index is 12.6. The number of rotatable bonds is 12. The third kappa shape index (κ3) is 5.46. The minimum absolute atomic E-state index is 0.139. The van der Waals surface area contributed by atoms with Crippen LogP contribution in [0, 0.1) is 0 Å². The molecule has 0 spiro atoms. The van der Waals surface area contributed by atoms with Gasteiger partial charge in [-0.05, 0) is 18.4 Å². The summed E-state index contributed by atoms with van der Waals surface area (Å²) in [5, 5.41) is 12.9. The second-order valence-electron chi connectivity index (χ2n) is 7.16. The van der Waals surface area contributed by atoms with Crippen LogP contribution in [0.3, 0.4) is 0 Å². The summed E-state index contributed by atoms with van der Waals surface area (Å²) in [5.74, 6) is 0. The molecule has 1 unspecified atom stereocenters. The Kier molecular flexibility index (Phi) is 8.28. The van der Waals surface area contributed by atoms with Gasteiger partial charge >= 0.3 is 5.69 Å². The fraction of sp³-hybridized carbons (Fsp3) is 0.722. The van der Waals surface area contributed by atoms with Crippen LogP contribution in [-0.4, -0.2) is 36.4 Å². The molecule has 10 heteroatoms. The first kappa shape index (κ1) is 21.7. The standard InChI is InChI=1S/C18H29N7O3/c1-23-13-20-16-15(23)17(27)25(18(28)24(16)2)11-9-7-5-3-4-6-8-10-14(26)12-21-22-19/h13-14,26H,3-12H2,1-2H3. The lowest BCUT2D eigenvalue weighted by atomic mass is 10.1. The summed E-state index contributed by atoms with van der Waals surface area (Å²) in [6, 6.07) is 0. The van der Waals surface area contributed by atoms with Gasteiger partial charge in [0.05, 0.1) is 19.0 Å². The molecule has 0 radical (unpaired) electrons. The van der Waals surface area contributed by atoms with E-state index in [9.17, 15) is 14.7 Å². The number of hydrogen-bond acceptors (Lipinski definition) is 5. The highest BCUT2D eigenvalue weighted by molar-refractivity contribution is 5.69. The van der Waals surface area contributed by atoms with Crippen molar-refractivity contribution in [3.05, 3.63) is 37.6 Å². The maximum Gasteiger partial charge on any atom is 0.332 e. The summed E-state index contributed by atoms with van der Waals surface area (Å²) in [6.45, 7) is 0.554. The third-order valence-corrected chi connectivity index (χ3v) is 4.98. The fourth-order valence-electron chi connectivity index (χ4n) is 3.35. The molecule has 1 atom stereocenters. The second kappa shape index (κ2) is 10.7. The molecule has 1 N–H and O–H groups in total. The molecular weight excluding hydrogens is 362 g/mol. The third-order valence-electron chi connectivity index (χ3n) is 4.98. The van der Waals surface area contributed by atoms with Gasteiger partial charge < -0.3 is 9.67 Å². The molecule has 0 saturated carbocycles. The molecule has 0 fully saturated rings. The Morgan fingerprint density at radius 1 is 1.14 bits per heavy atom. The lowest BCUT2D eigenvalue weighted by Gasteiger charge is -2.09. The molecule has 10 nitrogen and oxygen atoms in total. The number of unbranched alkanes of at least 4 members (excludes halogenated alkanes) is 6. The Balaban J connectivity index is 1.71. The van der Waals surface area contributed by atoms with Crippen molar-refractivity contribution in [1.82, 2.24) is 18.7 Å². The zero-order valence-corrected chi connectivity index (χ0v) is 16.6. The fourth-order valence-corrected chi connectivity index (χ4v) is 3.35. The molecule has 2 aromatic rings. The number of hydrogen-bond donors (Lipinski definition) is 1. The number of aromatic nitrogens is 4. The number of aliphatic hydroxyl groups is 1. The Morgan fingerprint density at radius 3 is 2.46 bits per heavy atom. The van der Waals surface area contributed by atoms with Gasteiger partial charge in [0.1, 0.15) is 0 Å². The highest BCUT2D eigenvalue weighted by atomic mass is 16.3. The summed E-state index contributed by atoms with van der Waals surface area (Å²) >= 11 is 0. The monoisotopic (exact) mass is 391 g/mol. The van der Waals surface area contributed by atoms with Gasteiger partial charge in [0, 0.05) is 25.6 Å². The molecule has 0 saturated heterocycles. The van der Waals surface area contributed by atoms with Crippen molar-refractivity contribution < 1.29 is 5.11 Å².